The molecule has 0 aliphatic heterocycles. The Kier molecular flexibility index (Phi) is 6.92. The van der Waals surface area contributed by atoms with E-state index >= 15 is 0 Å². The minimum atomic E-state index is -0.850. The van der Waals surface area contributed by atoms with Crippen LogP contribution < -0.4 is 10.6 Å². The third kappa shape index (κ3) is 5.54. The predicted molar refractivity (Wildman–Crippen MR) is 84.3 cm³/mol. The fraction of sp³-hybridized carbons (Fsp3) is 0.375. The second kappa shape index (κ2) is 8.67. The molecule has 3 amide bonds. The number of Topliss-reactive ketones (excluding diaryl/α,β-unsaturated/α-hetero) is 1. The highest BCUT2D eigenvalue weighted by atomic mass is 16.2. The van der Waals surface area contributed by atoms with Crippen molar-refractivity contribution in [2.75, 3.05) is 20.6 Å². The van der Waals surface area contributed by atoms with E-state index in [0.717, 1.165) is 0 Å². The van der Waals surface area contributed by atoms with Gasteiger partial charge in [-0.2, -0.15) is 0 Å². The van der Waals surface area contributed by atoms with Gasteiger partial charge in [0, 0.05) is 20.5 Å². The lowest BCUT2D eigenvalue weighted by molar-refractivity contribution is -0.138. The number of carbonyl (C=O) groups excluding carboxylic acids is 4. The number of hydrogen-bond donors (Lipinski definition) is 2. The molecule has 0 radical (unpaired) electrons. The van der Waals surface area contributed by atoms with Gasteiger partial charge in [0.05, 0.1) is 6.54 Å². The van der Waals surface area contributed by atoms with Crippen LogP contribution in [0.15, 0.2) is 30.3 Å². The number of likely N-dealkylation sites (N-methyl/N-ethyl adjacent to an activating group) is 1. The predicted octanol–water partition coefficient (Wildman–Crippen LogP) is 0.0274. The van der Waals surface area contributed by atoms with Crippen LogP contribution in [0.3, 0.4) is 0 Å². The molecule has 0 saturated heterocycles. The minimum Gasteiger partial charge on any atom is -0.347 e. The first-order chi connectivity index (χ1) is 10.9. The molecular weight excluding hydrogens is 298 g/mol. The van der Waals surface area contributed by atoms with Gasteiger partial charge in [-0.3, -0.25) is 19.2 Å². The molecule has 23 heavy (non-hydrogen) atoms. The molecular formula is C16H21N3O4. The third-order valence-corrected chi connectivity index (χ3v) is 3.11. The molecule has 1 unspecified atom stereocenters. The van der Waals surface area contributed by atoms with Crippen molar-refractivity contribution >= 4 is 23.5 Å². The highest BCUT2D eigenvalue weighted by Crippen LogP contribution is 2.14. The zero-order chi connectivity index (χ0) is 17.4. The van der Waals surface area contributed by atoms with E-state index in [9.17, 15) is 19.2 Å². The van der Waals surface area contributed by atoms with Crippen LogP contribution in [0, 0.1) is 0 Å². The van der Waals surface area contributed by atoms with Gasteiger partial charge in [-0.1, -0.05) is 37.3 Å². The number of amides is 3. The average molecular weight is 319 g/mol. The molecule has 1 atom stereocenters. The first-order valence-electron chi connectivity index (χ1n) is 7.23. The van der Waals surface area contributed by atoms with Crippen molar-refractivity contribution in [3.05, 3.63) is 35.9 Å². The molecule has 0 bridgehead atoms. The largest absolute Gasteiger partial charge is 0.347 e. The lowest BCUT2D eigenvalue weighted by Crippen LogP contribution is -2.45. The van der Waals surface area contributed by atoms with Gasteiger partial charge in [0.1, 0.15) is 6.04 Å². The van der Waals surface area contributed by atoms with Crippen LogP contribution in [0.25, 0.3) is 0 Å². The number of carbonyl (C=O) groups is 4. The average Bonchev–Trinajstić information content (AvgIpc) is 2.56. The van der Waals surface area contributed by atoms with E-state index in [1.807, 2.05) is 0 Å². The number of hydrogen-bond acceptors (Lipinski definition) is 4. The fourth-order valence-corrected chi connectivity index (χ4v) is 1.82. The molecule has 1 rings (SSSR count). The third-order valence-electron chi connectivity index (χ3n) is 3.11. The molecule has 2 N–H and O–H groups in total. The highest BCUT2D eigenvalue weighted by Gasteiger charge is 2.24. The summed E-state index contributed by atoms with van der Waals surface area (Å²) in [6.07, 6.45) is 0.0687. The van der Waals surface area contributed by atoms with Crippen LogP contribution in [-0.4, -0.2) is 49.0 Å². The van der Waals surface area contributed by atoms with Crippen molar-refractivity contribution in [3.8, 4) is 0 Å². The van der Waals surface area contributed by atoms with E-state index in [1.165, 1.54) is 4.90 Å². The molecule has 1 aromatic rings. The van der Waals surface area contributed by atoms with Gasteiger partial charge >= 0.3 is 0 Å². The number of nitrogens with zero attached hydrogens (tertiary/aromatic N) is 1. The summed E-state index contributed by atoms with van der Waals surface area (Å²) in [5.41, 5.74) is 0.635. The van der Waals surface area contributed by atoms with Gasteiger partial charge in [-0.15, -0.1) is 0 Å². The standard InChI is InChI=1S/C16H21N3O4/c1-4-12(20)15(22)17-10-13(21)18-14(16(23)19(2)3)11-8-6-5-7-9-11/h5-9,14H,4,10H2,1-3H3,(H,17,22)(H,18,21). The minimum absolute atomic E-state index is 0.0687. The second-order valence-electron chi connectivity index (χ2n) is 5.10. The van der Waals surface area contributed by atoms with E-state index in [-0.39, 0.29) is 18.9 Å². The number of rotatable bonds is 7. The summed E-state index contributed by atoms with van der Waals surface area (Å²) in [6, 6.07) is 7.94. The second-order valence-corrected chi connectivity index (χ2v) is 5.10. The molecule has 0 saturated carbocycles. The maximum absolute atomic E-state index is 12.2. The van der Waals surface area contributed by atoms with Crippen LogP contribution in [0.5, 0.6) is 0 Å². The quantitative estimate of drug-likeness (QED) is 0.693. The Morgan fingerprint density at radius 2 is 1.70 bits per heavy atom. The van der Waals surface area contributed by atoms with Crippen molar-refractivity contribution in [1.82, 2.24) is 15.5 Å². The Balaban J connectivity index is 2.74. The SMILES string of the molecule is CCC(=O)C(=O)NCC(=O)NC(C(=O)N(C)C)c1ccccc1. The first kappa shape index (κ1) is 18.3. The van der Waals surface area contributed by atoms with Gasteiger partial charge in [-0.05, 0) is 5.56 Å². The van der Waals surface area contributed by atoms with E-state index < -0.39 is 23.6 Å². The van der Waals surface area contributed by atoms with Crippen LogP contribution >= 0.6 is 0 Å². The first-order valence-corrected chi connectivity index (χ1v) is 7.23. The summed E-state index contributed by atoms with van der Waals surface area (Å²) < 4.78 is 0. The highest BCUT2D eigenvalue weighted by molar-refractivity contribution is 6.36. The number of benzene rings is 1. The molecule has 0 spiro atoms. The van der Waals surface area contributed by atoms with Gasteiger partial charge < -0.3 is 15.5 Å². The Bertz CT molecular complexity index is 584. The maximum atomic E-state index is 12.2. The zero-order valence-electron chi connectivity index (χ0n) is 13.5. The van der Waals surface area contributed by atoms with Crippen molar-refractivity contribution < 1.29 is 19.2 Å². The number of ketones is 1. The molecule has 0 aliphatic carbocycles. The summed E-state index contributed by atoms with van der Waals surface area (Å²) in [4.78, 5) is 48.1. The van der Waals surface area contributed by atoms with Crippen molar-refractivity contribution in [3.63, 3.8) is 0 Å². The van der Waals surface area contributed by atoms with Gasteiger partial charge in [-0.25, -0.2) is 0 Å². The van der Waals surface area contributed by atoms with Crippen molar-refractivity contribution in [2.24, 2.45) is 0 Å². The molecule has 7 heteroatoms. The lowest BCUT2D eigenvalue weighted by atomic mass is 10.1. The van der Waals surface area contributed by atoms with Crippen molar-refractivity contribution in [2.45, 2.75) is 19.4 Å². The Morgan fingerprint density at radius 3 is 2.22 bits per heavy atom. The smallest absolute Gasteiger partial charge is 0.287 e. The fourth-order valence-electron chi connectivity index (χ4n) is 1.82. The monoisotopic (exact) mass is 319 g/mol. The topological polar surface area (TPSA) is 95.6 Å². The van der Waals surface area contributed by atoms with E-state index in [0.29, 0.717) is 5.56 Å². The van der Waals surface area contributed by atoms with E-state index in [1.54, 1.807) is 51.4 Å². The van der Waals surface area contributed by atoms with Crippen LogP contribution in [-0.2, 0) is 19.2 Å². The molecule has 7 nitrogen and oxygen atoms in total. The molecule has 0 aliphatic rings. The summed E-state index contributed by atoms with van der Waals surface area (Å²) in [5.74, 6) is -2.24. The molecule has 124 valence electrons. The summed E-state index contributed by atoms with van der Waals surface area (Å²) in [7, 11) is 3.18. The summed E-state index contributed by atoms with van der Waals surface area (Å²) >= 11 is 0. The number of nitrogens with one attached hydrogen (secondary N) is 2. The van der Waals surface area contributed by atoms with Crippen molar-refractivity contribution in [1.29, 1.82) is 0 Å². The normalized spacial score (nSPS) is 11.3. The van der Waals surface area contributed by atoms with Crippen LogP contribution in [0.2, 0.25) is 0 Å². The van der Waals surface area contributed by atoms with E-state index in [4.69, 9.17) is 0 Å². The van der Waals surface area contributed by atoms with Gasteiger partial charge in [0.2, 0.25) is 17.6 Å². The van der Waals surface area contributed by atoms with Gasteiger partial charge in [0.25, 0.3) is 5.91 Å². The Morgan fingerprint density at radius 1 is 1.09 bits per heavy atom. The molecule has 0 fully saturated rings. The van der Waals surface area contributed by atoms with Crippen LogP contribution in [0.1, 0.15) is 24.9 Å². The molecule has 0 heterocycles. The van der Waals surface area contributed by atoms with Gasteiger partial charge in [0.15, 0.2) is 0 Å². The Labute approximate surface area is 135 Å². The maximum Gasteiger partial charge on any atom is 0.287 e. The molecule has 1 aromatic carbocycles. The van der Waals surface area contributed by atoms with Crippen LogP contribution in [0.4, 0.5) is 0 Å². The lowest BCUT2D eigenvalue weighted by Gasteiger charge is -2.22. The van der Waals surface area contributed by atoms with E-state index in [2.05, 4.69) is 10.6 Å². The molecule has 0 aromatic heterocycles. The summed E-state index contributed by atoms with van der Waals surface area (Å²) in [5, 5.41) is 4.80. The zero-order valence-corrected chi connectivity index (χ0v) is 13.5. The summed E-state index contributed by atoms with van der Waals surface area (Å²) in [6.45, 7) is 1.19. The Hall–Kier alpha value is -2.70.